The first kappa shape index (κ1) is 14.7. The van der Waals surface area contributed by atoms with Crippen molar-refractivity contribution in [3.05, 3.63) is 34.9 Å². The third-order valence-electron chi connectivity index (χ3n) is 2.51. The van der Waals surface area contributed by atoms with Crippen molar-refractivity contribution in [1.29, 1.82) is 0 Å². The molecule has 1 rings (SSSR count). The van der Waals surface area contributed by atoms with Crippen molar-refractivity contribution in [3.63, 3.8) is 0 Å². The highest BCUT2D eigenvalue weighted by Gasteiger charge is 2.05. The molecule has 0 aliphatic rings. The van der Waals surface area contributed by atoms with E-state index in [1.54, 1.807) is 6.92 Å². The third kappa shape index (κ3) is 5.29. The van der Waals surface area contributed by atoms with Gasteiger partial charge in [-0.05, 0) is 32.9 Å². The Bertz CT molecular complexity index is 383. The molecule has 0 saturated carbocycles. The summed E-state index contributed by atoms with van der Waals surface area (Å²) >= 11 is 0. The first-order valence-corrected chi connectivity index (χ1v) is 6.24. The van der Waals surface area contributed by atoms with Gasteiger partial charge in [0, 0.05) is 25.2 Å². The molecule has 1 amide bonds. The van der Waals surface area contributed by atoms with E-state index in [0.29, 0.717) is 25.2 Å². The second-order valence-corrected chi connectivity index (χ2v) is 4.69. The third-order valence-corrected chi connectivity index (χ3v) is 2.51. The molecule has 1 atom stereocenters. The van der Waals surface area contributed by atoms with Gasteiger partial charge >= 0.3 is 0 Å². The highest BCUT2D eigenvalue weighted by molar-refractivity contribution is 5.94. The molecule has 0 aromatic heterocycles. The lowest BCUT2D eigenvalue weighted by Crippen LogP contribution is -2.34. The van der Waals surface area contributed by atoms with E-state index in [-0.39, 0.29) is 12.0 Å². The van der Waals surface area contributed by atoms with Gasteiger partial charge in [-0.3, -0.25) is 4.79 Å². The summed E-state index contributed by atoms with van der Waals surface area (Å²) in [7, 11) is 0. The summed E-state index contributed by atoms with van der Waals surface area (Å²) in [6, 6.07) is 5.80. The number of carbonyl (C=O) groups is 1. The molecule has 0 saturated heterocycles. The Balaban J connectivity index is 2.36. The fourth-order valence-electron chi connectivity index (χ4n) is 1.78. The number of hydrogen-bond acceptors (Lipinski definition) is 3. The van der Waals surface area contributed by atoms with Crippen LogP contribution in [0.3, 0.4) is 0 Å². The minimum Gasteiger partial charge on any atom is -0.392 e. The van der Waals surface area contributed by atoms with Crippen molar-refractivity contribution >= 4 is 5.91 Å². The summed E-state index contributed by atoms with van der Waals surface area (Å²) in [4.78, 5) is 11.9. The van der Waals surface area contributed by atoms with Crippen LogP contribution in [-0.2, 0) is 0 Å². The zero-order valence-corrected chi connectivity index (χ0v) is 11.3. The van der Waals surface area contributed by atoms with Gasteiger partial charge in [0.25, 0.3) is 5.91 Å². The normalized spacial score (nSPS) is 12.2. The molecule has 1 aromatic rings. The SMILES string of the molecule is Cc1cc(C)cc(C(=O)NCCNCC(C)O)c1. The van der Waals surface area contributed by atoms with E-state index in [1.807, 2.05) is 32.0 Å². The quantitative estimate of drug-likeness (QED) is 0.660. The Hall–Kier alpha value is -1.39. The molecule has 0 heterocycles. The van der Waals surface area contributed by atoms with Crippen molar-refractivity contribution in [3.8, 4) is 0 Å². The Morgan fingerprint density at radius 2 is 1.83 bits per heavy atom. The Morgan fingerprint density at radius 3 is 2.39 bits per heavy atom. The molecular formula is C14H22N2O2. The van der Waals surface area contributed by atoms with Crippen LogP contribution in [-0.4, -0.2) is 36.8 Å². The molecule has 100 valence electrons. The summed E-state index contributed by atoms with van der Waals surface area (Å²) in [6.45, 7) is 7.43. The van der Waals surface area contributed by atoms with Crippen LogP contribution >= 0.6 is 0 Å². The summed E-state index contributed by atoms with van der Waals surface area (Å²) in [5.74, 6) is -0.0550. The van der Waals surface area contributed by atoms with Gasteiger partial charge in [-0.25, -0.2) is 0 Å². The molecule has 1 aromatic carbocycles. The van der Waals surface area contributed by atoms with Crippen molar-refractivity contribution < 1.29 is 9.90 Å². The summed E-state index contributed by atoms with van der Waals surface area (Å²) in [6.07, 6.45) is -0.361. The molecule has 0 bridgehead atoms. The van der Waals surface area contributed by atoms with E-state index >= 15 is 0 Å². The van der Waals surface area contributed by atoms with E-state index in [1.165, 1.54) is 0 Å². The smallest absolute Gasteiger partial charge is 0.251 e. The van der Waals surface area contributed by atoms with E-state index in [9.17, 15) is 4.79 Å². The molecule has 4 nitrogen and oxygen atoms in total. The molecule has 0 radical (unpaired) electrons. The molecule has 1 unspecified atom stereocenters. The lowest BCUT2D eigenvalue weighted by molar-refractivity contribution is 0.0953. The fourth-order valence-corrected chi connectivity index (χ4v) is 1.78. The Morgan fingerprint density at radius 1 is 1.22 bits per heavy atom. The highest BCUT2D eigenvalue weighted by atomic mass is 16.3. The van der Waals surface area contributed by atoms with Gasteiger partial charge in [-0.2, -0.15) is 0 Å². The standard InChI is InChI=1S/C14H22N2O2/c1-10-6-11(2)8-13(7-10)14(18)16-5-4-15-9-12(3)17/h6-8,12,15,17H,4-5,9H2,1-3H3,(H,16,18). The second-order valence-electron chi connectivity index (χ2n) is 4.69. The van der Waals surface area contributed by atoms with E-state index in [2.05, 4.69) is 10.6 Å². The maximum absolute atomic E-state index is 11.9. The number of aryl methyl sites for hydroxylation is 2. The van der Waals surface area contributed by atoms with Crippen LogP contribution in [0.4, 0.5) is 0 Å². The fraction of sp³-hybridized carbons (Fsp3) is 0.500. The second kappa shape index (κ2) is 7.13. The average Bonchev–Trinajstić information content (AvgIpc) is 2.26. The van der Waals surface area contributed by atoms with Crippen LogP contribution in [0.5, 0.6) is 0 Å². The Kier molecular flexibility index (Phi) is 5.82. The van der Waals surface area contributed by atoms with Gasteiger partial charge in [0.05, 0.1) is 6.10 Å². The topological polar surface area (TPSA) is 61.4 Å². The van der Waals surface area contributed by atoms with Crippen LogP contribution < -0.4 is 10.6 Å². The molecule has 0 aliphatic heterocycles. The van der Waals surface area contributed by atoms with E-state index in [4.69, 9.17) is 5.11 Å². The van der Waals surface area contributed by atoms with Crippen molar-refractivity contribution in [2.45, 2.75) is 26.9 Å². The first-order valence-electron chi connectivity index (χ1n) is 6.24. The largest absolute Gasteiger partial charge is 0.392 e. The highest BCUT2D eigenvalue weighted by Crippen LogP contribution is 2.08. The van der Waals surface area contributed by atoms with Crippen LogP contribution in [0, 0.1) is 13.8 Å². The zero-order chi connectivity index (χ0) is 13.5. The van der Waals surface area contributed by atoms with Gasteiger partial charge in [-0.1, -0.05) is 17.2 Å². The minimum atomic E-state index is -0.361. The summed E-state index contributed by atoms with van der Waals surface area (Å²) in [5.41, 5.74) is 2.88. The van der Waals surface area contributed by atoms with Crippen molar-refractivity contribution in [2.24, 2.45) is 0 Å². The number of benzene rings is 1. The molecule has 18 heavy (non-hydrogen) atoms. The van der Waals surface area contributed by atoms with Crippen molar-refractivity contribution in [2.75, 3.05) is 19.6 Å². The number of amides is 1. The summed E-state index contributed by atoms with van der Waals surface area (Å²) in [5, 5.41) is 14.9. The van der Waals surface area contributed by atoms with Crippen LogP contribution in [0.25, 0.3) is 0 Å². The maximum Gasteiger partial charge on any atom is 0.251 e. The number of carbonyl (C=O) groups excluding carboxylic acids is 1. The van der Waals surface area contributed by atoms with Gasteiger partial charge in [0.2, 0.25) is 0 Å². The van der Waals surface area contributed by atoms with Crippen molar-refractivity contribution in [1.82, 2.24) is 10.6 Å². The maximum atomic E-state index is 11.9. The van der Waals surface area contributed by atoms with E-state index in [0.717, 1.165) is 11.1 Å². The van der Waals surface area contributed by atoms with Gasteiger partial charge in [0.15, 0.2) is 0 Å². The predicted octanol–water partition coefficient (Wildman–Crippen LogP) is 1.00. The van der Waals surface area contributed by atoms with Gasteiger partial charge in [0.1, 0.15) is 0 Å². The zero-order valence-electron chi connectivity index (χ0n) is 11.3. The summed E-state index contributed by atoms with van der Waals surface area (Å²) < 4.78 is 0. The number of nitrogens with one attached hydrogen (secondary N) is 2. The lowest BCUT2D eigenvalue weighted by Gasteiger charge is -2.09. The molecular weight excluding hydrogens is 228 g/mol. The molecule has 4 heteroatoms. The molecule has 0 fully saturated rings. The average molecular weight is 250 g/mol. The van der Waals surface area contributed by atoms with Gasteiger partial charge in [-0.15, -0.1) is 0 Å². The minimum absolute atomic E-state index is 0.0550. The van der Waals surface area contributed by atoms with Crippen LogP contribution in [0.15, 0.2) is 18.2 Å². The first-order chi connectivity index (χ1) is 8.49. The number of aliphatic hydroxyl groups is 1. The molecule has 0 aliphatic carbocycles. The van der Waals surface area contributed by atoms with Crippen LogP contribution in [0.1, 0.15) is 28.4 Å². The lowest BCUT2D eigenvalue weighted by atomic mass is 10.1. The number of aliphatic hydroxyl groups excluding tert-OH is 1. The van der Waals surface area contributed by atoms with Crippen LogP contribution in [0.2, 0.25) is 0 Å². The monoisotopic (exact) mass is 250 g/mol. The van der Waals surface area contributed by atoms with Gasteiger partial charge < -0.3 is 15.7 Å². The number of hydrogen-bond donors (Lipinski definition) is 3. The molecule has 0 spiro atoms. The predicted molar refractivity (Wildman–Crippen MR) is 72.8 cm³/mol. The molecule has 3 N–H and O–H groups in total. The Labute approximate surface area is 108 Å². The number of rotatable bonds is 6. The van der Waals surface area contributed by atoms with E-state index < -0.39 is 0 Å².